The molecule has 0 aliphatic carbocycles. The maximum atomic E-state index is 12.2. The van der Waals surface area contributed by atoms with Crippen molar-refractivity contribution in [1.29, 1.82) is 0 Å². The van der Waals surface area contributed by atoms with Gasteiger partial charge in [0.2, 0.25) is 5.91 Å². The molecule has 1 atom stereocenters. The van der Waals surface area contributed by atoms with Crippen molar-refractivity contribution < 1.29 is 23.9 Å². The highest BCUT2D eigenvalue weighted by Crippen LogP contribution is 2.20. The fraction of sp³-hybridized carbons (Fsp3) is 0.550. The quantitative estimate of drug-likeness (QED) is 0.642. The number of benzene rings is 1. The van der Waals surface area contributed by atoms with Gasteiger partial charge >= 0.3 is 11.9 Å². The molecule has 0 aromatic heterocycles. The molecule has 0 aliphatic rings. The van der Waals surface area contributed by atoms with Gasteiger partial charge < -0.3 is 14.8 Å². The summed E-state index contributed by atoms with van der Waals surface area (Å²) in [6.45, 7) is 10.7. The Balaban J connectivity index is 2.84. The molecule has 1 aromatic carbocycles. The molecule has 1 N–H and O–H groups in total. The van der Waals surface area contributed by atoms with Crippen molar-refractivity contribution in [1.82, 2.24) is 5.32 Å². The third-order valence-corrected chi connectivity index (χ3v) is 3.66. The van der Waals surface area contributed by atoms with E-state index in [0.717, 1.165) is 5.56 Å². The Kier molecular flexibility index (Phi) is 6.95. The van der Waals surface area contributed by atoms with Gasteiger partial charge in [-0.3, -0.25) is 9.59 Å². The Morgan fingerprint density at radius 2 is 1.50 bits per heavy atom. The van der Waals surface area contributed by atoms with E-state index >= 15 is 0 Å². The van der Waals surface area contributed by atoms with Crippen molar-refractivity contribution in [3.63, 3.8) is 0 Å². The van der Waals surface area contributed by atoms with Gasteiger partial charge in [-0.05, 0) is 38.5 Å². The van der Waals surface area contributed by atoms with E-state index < -0.39 is 22.8 Å². The van der Waals surface area contributed by atoms with Gasteiger partial charge in [-0.15, -0.1) is 0 Å². The second-order valence-electron chi connectivity index (χ2n) is 8.29. The first-order valence-corrected chi connectivity index (χ1v) is 8.54. The highest BCUT2D eigenvalue weighted by Gasteiger charge is 2.28. The molecule has 0 saturated carbocycles. The lowest BCUT2D eigenvalue weighted by molar-refractivity contribution is -0.146. The van der Waals surface area contributed by atoms with E-state index in [0.29, 0.717) is 5.75 Å². The Morgan fingerprint density at radius 3 is 1.92 bits per heavy atom. The van der Waals surface area contributed by atoms with E-state index in [1.165, 1.54) is 7.11 Å². The van der Waals surface area contributed by atoms with Crippen LogP contribution in [-0.4, -0.2) is 31.0 Å². The number of methoxy groups -OCH3 is 1. The predicted octanol–water partition coefficient (Wildman–Crippen LogP) is 2.88. The molecule has 6 nitrogen and oxygen atoms in total. The van der Waals surface area contributed by atoms with Gasteiger partial charge in [-0.2, -0.15) is 0 Å². The molecular formula is C20H29NO5. The van der Waals surface area contributed by atoms with Crippen molar-refractivity contribution in [2.24, 2.45) is 10.8 Å². The topological polar surface area (TPSA) is 81.7 Å². The molecule has 1 aromatic rings. The highest BCUT2D eigenvalue weighted by molar-refractivity contribution is 5.87. The molecule has 0 heterocycles. The fourth-order valence-corrected chi connectivity index (χ4v) is 1.90. The molecule has 1 unspecified atom stereocenters. The summed E-state index contributed by atoms with van der Waals surface area (Å²) >= 11 is 0. The lowest BCUT2D eigenvalue weighted by atomic mass is 9.94. The molecule has 0 bridgehead atoms. The van der Waals surface area contributed by atoms with Crippen LogP contribution in [0.5, 0.6) is 5.75 Å². The van der Waals surface area contributed by atoms with Crippen molar-refractivity contribution >= 4 is 17.8 Å². The summed E-state index contributed by atoms with van der Waals surface area (Å²) in [7, 11) is 1.29. The van der Waals surface area contributed by atoms with Crippen LogP contribution in [-0.2, 0) is 25.5 Å². The van der Waals surface area contributed by atoms with E-state index in [9.17, 15) is 14.4 Å². The lowest BCUT2D eigenvalue weighted by Crippen LogP contribution is -2.47. The number of rotatable bonds is 5. The summed E-state index contributed by atoms with van der Waals surface area (Å²) < 4.78 is 10.1. The second kappa shape index (κ2) is 8.34. The summed E-state index contributed by atoms with van der Waals surface area (Å²) in [6.07, 6.45) is 0.280. The minimum absolute atomic E-state index is 0.233. The fourth-order valence-electron chi connectivity index (χ4n) is 1.90. The summed E-state index contributed by atoms with van der Waals surface area (Å²) in [5.41, 5.74) is -0.395. The van der Waals surface area contributed by atoms with Gasteiger partial charge in [0, 0.05) is 11.8 Å². The van der Waals surface area contributed by atoms with Crippen LogP contribution in [0.25, 0.3) is 0 Å². The van der Waals surface area contributed by atoms with E-state index in [-0.39, 0.29) is 18.3 Å². The molecule has 0 fully saturated rings. The zero-order chi connectivity index (χ0) is 20.1. The first-order valence-electron chi connectivity index (χ1n) is 8.54. The van der Waals surface area contributed by atoms with Crippen LogP contribution in [0.15, 0.2) is 24.3 Å². The molecular weight excluding hydrogens is 334 g/mol. The van der Waals surface area contributed by atoms with Crippen molar-refractivity contribution in [3.8, 4) is 5.75 Å². The van der Waals surface area contributed by atoms with Crippen molar-refractivity contribution in [2.45, 2.75) is 54.0 Å². The van der Waals surface area contributed by atoms with Crippen molar-refractivity contribution in [3.05, 3.63) is 29.8 Å². The number of carbonyl (C=O) groups is 3. The SMILES string of the molecule is COC(=O)C(Cc1ccc(OC(=O)C(C)(C)C)cc1)NC(=O)C(C)(C)C. The van der Waals surface area contributed by atoms with Crippen LogP contribution in [0.4, 0.5) is 0 Å². The first kappa shape index (κ1) is 21.7. The standard InChI is InChI=1S/C20H29NO5/c1-19(2,3)17(23)21-15(16(22)25-7)12-13-8-10-14(11-9-13)26-18(24)20(4,5)6/h8-11,15H,12H2,1-7H3,(H,21,23). The highest BCUT2D eigenvalue weighted by atomic mass is 16.5. The number of carbonyl (C=O) groups excluding carboxylic acids is 3. The normalized spacial score (nSPS) is 12.9. The third kappa shape index (κ3) is 6.50. The molecule has 0 spiro atoms. The van der Waals surface area contributed by atoms with E-state index in [4.69, 9.17) is 9.47 Å². The largest absolute Gasteiger partial charge is 0.467 e. The summed E-state index contributed by atoms with van der Waals surface area (Å²) in [6, 6.07) is 6.06. The zero-order valence-electron chi connectivity index (χ0n) is 16.6. The molecule has 1 rings (SSSR count). The van der Waals surface area contributed by atoms with E-state index in [1.807, 2.05) is 0 Å². The predicted molar refractivity (Wildman–Crippen MR) is 98.6 cm³/mol. The zero-order valence-corrected chi connectivity index (χ0v) is 16.6. The summed E-state index contributed by atoms with van der Waals surface area (Å²) in [5, 5.41) is 2.72. The monoisotopic (exact) mass is 363 g/mol. The number of amides is 1. The lowest BCUT2D eigenvalue weighted by Gasteiger charge is -2.23. The Morgan fingerprint density at radius 1 is 0.962 bits per heavy atom. The van der Waals surface area contributed by atoms with Gasteiger partial charge in [-0.25, -0.2) is 4.79 Å². The van der Waals surface area contributed by atoms with Gasteiger partial charge in [0.1, 0.15) is 11.8 Å². The van der Waals surface area contributed by atoms with E-state index in [2.05, 4.69) is 5.32 Å². The maximum Gasteiger partial charge on any atom is 0.328 e. The Hall–Kier alpha value is -2.37. The summed E-state index contributed by atoms with van der Waals surface area (Å²) in [5.74, 6) is -0.633. The van der Waals surface area contributed by atoms with Crippen LogP contribution in [0.2, 0.25) is 0 Å². The second-order valence-corrected chi connectivity index (χ2v) is 8.29. The van der Waals surface area contributed by atoms with Crippen LogP contribution >= 0.6 is 0 Å². The average Bonchev–Trinajstić information content (AvgIpc) is 2.53. The third-order valence-electron chi connectivity index (χ3n) is 3.66. The van der Waals surface area contributed by atoms with Crippen LogP contribution < -0.4 is 10.1 Å². The number of ether oxygens (including phenoxy) is 2. The molecule has 144 valence electrons. The molecule has 6 heteroatoms. The van der Waals surface area contributed by atoms with E-state index in [1.54, 1.807) is 65.8 Å². The van der Waals surface area contributed by atoms with Crippen LogP contribution in [0.3, 0.4) is 0 Å². The number of esters is 2. The first-order chi connectivity index (χ1) is 11.8. The molecule has 26 heavy (non-hydrogen) atoms. The molecule has 1 amide bonds. The average molecular weight is 363 g/mol. The number of hydrogen-bond acceptors (Lipinski definition) is 5. The minimum Gasteiger partial charge on any atom is -0.467 e. The number of nitrogens with one attached hydrogen (secondary N) is 1. The maximum absolute atomic E-state index is 12.2. The Bertz CT molecular complexity index is 650. The van der Waals surface area contributed by atoms with Crippen LogP contribution in [0, 0.1) is 10.8 Å². The van der Waals surface area contributed by atoms with Crippen molar-refractivity contribution in [2.75, 3.05) is 7.11 Å². The summed E-state index contributed by atoms with van der Waals surface area (Å²) in [4.78, 5) is 36.1. The van der Waals surface area contributed by atoms with Gasteiger partial charge in [0.15, 0.2) is 0 Å². The van der Waals surface area contributed by atoms with Crippen LogP contribution in [0.1, 0.15) is 47.1 Å². The van der Waals surface area contributed by atoms with Gasteiger partial charge in [0.05, 0.1) is 12.5 Å². The Labute approximate surface area is 155 Å². The van der Waals surface area contributed by atoms with Gasteiger partial charge in [0.25, 0.3) is 0 Å². The smallest absolute Gasteiger partial charge is 0.328 e. The molecule has 0 radical (unpaired) electrons. The van der Waals surface area contributed by atoms with Gasteiger partial charge in [-0.1, -0.05) is 32.9 Å². The molecule has 0 saturated heterocycles. The molecule has 0 aliphatic heterocycles. The minimum atomic E-state index is -0.783. The number of hydrogen-bond donors (Lipinski definition) is 1.